The van der Waals surface area contributed by atoms with E-state index in [1.165, 1.54) is 6.07 Å². The maximum atomic E-state index is 12.7. The van der Waals surface area contributed by atoms with Gasteiger partial charge in [-0.3, -0.25) is 0 Å². The lowest BCUT2D eigenvalue weighted by Crippen LogP contribution is -2.09. The van der Waals surface area contributed by atoms with Gasteiger partial charge in [0, 0.05) is 0 Å². The first-order valence-electron chi connectivity index (χ1n) is 5.32. The summed E-state index contributed by atoms with van der Waals surface area (Å²) in [4.78, 5) is 0. The fourth-order valence-corrected chi connectivity index (χ4v) is 1.36. The second-order valence-corrected chi connectivity index (χ2v) is 3.53. The Morgan fingerprint density at radius 3 is 2.38 bits per heavy atom. The number of hydrogen-bond donors (Lipinski definition) is 0. The molecule has 4 heteroatoms. The van der Waals surface area contributed by atoms with Gasteiger partial charge in [0.05, 0.1) is 12.2 Å². The van der Waals surface area contributed by atoms with E-state index in [0.717, 1.165) is 6.07 Å². The quantitative estimate of drug-likeness (QED) is 0.760. The number of alkyl halides is 3. The van der Waals surface area contributed by atoms with Crippen LogP contribution in [0.15, 0.2) is 18.2 Å². The number of halogens is 3. The largest absolute Gasteiger partial charge is 0.493 e. The second kappa shape index (κ2) is 5.23. The molecule has 0 radical (unpaired) electrons. The summed E-state index contributed by atoms with van der Waals surface area (Å²) in [7, 11) is 0. The van der Waals surface area contributed by atoms with Crippen LogP contribution >= 0.6 is 0 Å². The highest BCUT2D eigenvalue weighted by molar-refractivity contribution is 5.39. The monoisotopic (exact) mass is 232 g/mol. The van der Waals surface area contributed by atoms with Crippen LogP contribution in [0.25, 0.3) is 0 Å². The molecule has 0 spiro atoms. The molecule has 0 saturated carbocycles. The molecule has 90 valence electrons. The summed E-state index contributed by atoms with van der Waals surface area (Å²) in [6, 6.07) is 4.22. The minimum Gasteiger partial charge on any atom is -0.493 e. The fraction of sp³-hybridized carbons (Fsp3) is 0.500. The summed E-state index contributed by atoms with van der Waals surface area (Å²) in [5.41, 5.74) is -0.0172. The predicted molar refractivity (Wildman–Crippen MR) is 56.6 cm³/mol. The van der Waals surface area contributed by atoms with E-state index < -0.39 is 11.7 Å². The van der Waals surface area contributed by atoms with Crippen LogP contribution in [0.1, 0.15) is 31.4 Å². The molecule has 0 atom stereocenters. The maximum absolute atomic E-state index is 12.7. The smallest absolute Gasteiger partial charge is 0.419 e. The summed E-state index contributed by atoms with van der Waals surface area (Å²) in [5, 5.41) is 0. The molecule has 0 unspecified atom stereocenters. The van der Waals surface area contributed by atoms with Crippen LogP contribution in [0.3, 0.4) is 0 Å². The van der Waals surface area contributed by atoms with Gasteiger partial charge in [0.1, 0.15) is 5.75 Å². The van der Waals surface area contributed by atoms with E-state index in [1.807, 2.05) is 13.8 Å². The molecule has 0 fully saturated rings. The number of ether oxygens (including phenoxy) is 1. The Labute approximate surface area is 93.2 Å². The van der Waals surface area contributed by atoms with Gasteiger partial charge in [0.2, 0.25) is 0 Å². The Balaban J connectivity index is 3.06. The van der Waals surface area contributed by atoms with Gasteiger partial charge >= 0.3 is 6.18 Å². The van der Waals surface area contributed by atoms with E-state index >= 15 is 0 Å². The summed E-state index contributed by atoms with van der Waals surface area (Å²) in [5.74, 6) is -0.0773. The van der Waals surface area contributed by atoms with E-state index in [9.17, 15) is 13.2 Å². The second-order valence-electron chi connectivity index (χ2n) is 3.53. The summed E-state index contributed by atoms with van der Waals surface area (Å²) < 4.78 is 43.2. The molecule has 0 aromatic heterocycles. The third-order valence-electron chi connectivity index (χ3n) is 2.22. The van der Waals surface area contributed by atoms with E-state index in [2.05, 4.69) is 0 Å². The van der Waals surface area contributed by atoms with Crippen molar-refractivity contribution >= 4 is 0 Å². The first-order valence-corrected chi connectivity index (χ1v) is 5.32. The molecule has 0 amide bonds. The van der Waals surface area contributed by atoms with Gasteiger partial charge in [-0.1, -0.05) is 19.9 Å². The highest BCUT2D eigenvalue weighted by Crippen LogP contribution is 2.36. The van der Waals surface area contributed by atoms with Gasteiger partial charge in [-0.25, -0.2) is 0 Å². The Morgan fingerprint density at radius 1 is 1.19 bits per heavy atom. The molecule has 0 aliphatic rings. The van der Waals surface area contributed by atoms with Gasteiger partial charge in [-0.05, 0) is 30.5 Å². The van der Waals surface area contributed by atoms with Gasteiger partial charge < -0.3 is 4.74 Å². The van der Waals surface area contributed by atoms with Crippen molar-refractivity contribution < 1.29 is 17.9 Å². The van der Waals surface area contributed by atoms with Crippen LogP contribution in [0.5, 0.6) is 5.75 Å². The van der Waals surface area contributed by atoms with Crippen LogP contribution in [-0.4, -0.2) is 6.61 Å². The molecule has 0 bridgehead atoms. The molecule has 0 aliphatic heterocycles. The van der Waals surface area contributed by atoms with Crippen molar-refractivity contribution in [1.82, 2.24) is 0 Å². The molecule has 0 N–H and O–H groups in total. The fourth-order valence-electron chi connectivity index (χ4n) is 1.36. The van der Waals surface area contributed by atoms with Crippen LogP contribution in [0.2, 0.25) is 0 Å². The van der Waals surface area contributed by atoms with Crippen LogP contribution < -0.4 is 4.74 Å². The van der Waals surface area contributed by atoms with E-state index in [4.69, 9.17) is 4.74 Å². The van der Waals surface area contributed by atoms with Crippen molar-refractivity contribution in [3.05, 3.63) is 29.3 Å². The Kier molecular flexibility index (Phi) is 4.21. The Hall–Kier alpha value is -1.19. The third-order valence-corrected chi connectivity index (χ3v) is 2.22. The third kappa shape index (κ3) is 3.15. The Bertz CT molecular complexity index is 345. The molecule has 0 aliphatic carbocycles. The highest BCUT2D eigenvalue weighted by Gasteiger charge is 2.34. The zero-order valence-corrected chi connectivity index (χ0v) is 9.40. The molecule has 1 aromatic rings. The SMILES string of the molecule is CCCOc1ccc(CC)cc1C(F)(F)F. The molecule has 0 heterocycles. The van der Waals surface area contributed by atoms with Crippen LogP contribution in [0.4, 0.5) is 13.2 Å². The van der Waals surface area contributed by atoms with Crippen LogP contribution in [0, 0.1) is 0 Å². The average Bonchev–Trinajstić information content (AvgIpc) is 2.25. The molecule has 1 aromatic carbocycles. The maximum Gasteiger partial charge on any atom is 0.419 e. The number of hydrogen-bond acceptors (Lipinski definition) is 1. The number of rotatable bonds is 4. The lowest BCUT2D eigenvalue weighted by Gasteiger charge is -2.14. The molecule has 1 nitrogen and oxygen atoms in total. The highest BCUT2D eigenvalue weighted by atomic mass is 19.4. The Morgan fingerprint density at radius 2 is 1.88 bits per heavy atom. The topological polar surface area (TPSA) is 9.23 Å². The van der Waals surface area contributed by atoms with Crippen molar-refractivity contribution in [3.63, 3.8) is 0 Å². The van der Waals surface area contributed by atoms with Gasteiger partial charge in [-0.15, -0.1) is 0 Å². The van der Waals surface area contributed by atoms with E-state index in [-0.39, 0.29) is 5.75 Å². The summed E-state index contributed by atoms with van der Waals surface area (Å²) in [6.45, 7) is 3.98. The predicted octanol–water partition coefficient (Wildman–Crippen LogP) is 4.06. The van der Waals surface area contributed by atoms with Crippen molar-refractivity contribution in [1.29, 1.82) is 0 Å². The lowest BCUT2D eigenvalue weighted by molar-refractivity contribution is -0.139. The van der Waals surface area contributed by atoms with Crippen molar-refractivity contribution in [2.45, 2.75) is 32.9 Å². The van der Waals surface area contributed by atoms with Crippen molar-refractivity contribution in [2.24, 2.45) is 0 Å². The molecular formula is C12H15F3O. The molecule has 16 heavy (non-hydrogen) atoms. The van der Waals surface area contributed by atoms with Gasteiger partial charge in [0.25, 0.3) is 0 Å². The number of benzene rings is 1. The van der Waals surface area contributed by atoms with E-state index in [1.54, 1.807) is 6.07 Å². The molecule has 0 saturated heterocycles. The molecular weight excluding hydrogens is 217 g/mol. The average molecular weight is 232 g/mol. The lowest BCUT2D eigenvalue weighted by atomic mass is 10.1. The summed E-state index contributed by atoms with van der Waals surface area (Å²) >= 11 is 0. The normalized spacial score (nSPS) is 11.6. The number of aryl methyl sites for hydroxylation is 1. The van der Waals surface area contributed by atoms with Crippen LogP contribution in [-0.2, 0) is 12.6 Å². The van der Waals surface area contributed by atoms with Gasteiger partial charge in [-0.2, -0.15) is 13.2 Å². The van der Waals surface area contributed by atoms with Gasteiger partial charge in [0.15, 0.2) is 0 Å². The minimum absolute atomic E-state index is 0.0773. The minimum atomic E-state index is -4.35. The first kappa shape index (κ1) is 12.9. The van der Waals surface area contributed by atoms with E-state index in [0.29, 0.717) is 25.0 Å². The first-order chi connectivity index (χ1) is 7.49. The zero-order valence-electron chi connectivity index (χ0n) is 9.40. The summed E-state index contributed by atoms with van der Waals surface area (Å²) in [6.07, 6.45) is -3.09. The molecule has 1 rings (SSSR count). The zero-order chi connectivity index (χ0) is 12.2. The van der Waals surface area contributed by atoms with Crippen molar-refractivity contribution in [2.75, 3.05) is 6.61 Å². The standard InChI is InChI=1S/C12H15F3O/c1-3-7-16-11-6-5-9(4-2)8-10(11)12(13,14)15/h5-6,8H,3-4,7H2,1-2H3. The van der Waals surface area contributed by atoms with Crippen molar-refractivity contribution in [3.8, 4) is 5.75 Å².